The van der Waals surface area contributed by atoms with E-state index in [-0.39, 0.29) is 5.91 Å². The van der Waals surface area contributed by atoms with Crippen LogP contribution in [0.4, 0.5) is 11.8 Å². The first-order chi connectivity index (χ1) is 14.1. The normalized spacial score (nSPS) is 14.3. The van der Waals surface area contributed by atoms with E-state index < -0.39 is 0 Å². The minimum atomic E-state index is 0.0754. The Kier molecular flexibility index (Phi) is 5.30. The maximum absolute atomic E-state index is 12.5. The largest absolute Gasteiger partial charge is 0.493 e. The number of amides is 1. The molecular formula is C18H21N7O3S. The van der Waals surface area contributed by atoms with E-state index in [1.54, 1.807) is 32.5 Å². The van der Waals surface area contributed by atoms with Gasteiger partial charge in [-0.15, -0.1) is 5.10 Å². The van der Waals surface area contributed by atoms with Gasteiger partial charge in [0, 0.05) is 37.6 Å². The number of carbonyl (C=O) groups excluding carboxylic acids is 1. The van der Waals surface area contributed by atoms with Crippen LogP contribution < -0.4 is 20.1 Å². The fraction of sp³-hybridized carbons (Fsp3) is 0.389. The Morgan fingerprint density at radius 3 is 2.52 bits per heavy atom. The Balaban J connectivity index is 1.50. The summed E-state index contributed by atoms with van der Waals surface area (Å²) < 4.78 is 14.5. The number of nitrogens with two attached hydrogens (primary N) is 1. The lowest BCUT2D eigenvalue weighted by Crippen LogP contribution is -2.49. The van der Waals surface area contributed by atoms with Crippen molar-refractivity contribution in [1.82, 2.24) is 24.5 Å². The van der Waals surface area contributed by atoms with Gasteiger partial charge in [0.05, 0.1) is 37.2 Å². The number of nitrogen functional groups attached to an aromatic ring is 1. The van der Waals surface area contributed by atoms with Crippen LogP contribution in [0, 0.1) is 0 Å². The van der Waals surface area contributed by atoms with Gasteiger partial charge in [0.25, 0.3) is 0 Å². The molecule has 1 amide bonds. The van der Waals surface area contributed by atoms with Crippen LogP contribution in [-0.4, -0.2) is 70.8 Å². The van der Waals surface area contributed by atoms with Gasteiger partial charge in [-0.25, -0.2) is 4.98 Å². The zero-order chi connectivity index (χ0) is 20.4. The number of methoxy groups -OCH3 is 2. The van der Waals surface area contributed by atoms with E-state index in [0.717, 1.165) is 4.88 Å². The maximum Gasteiger partial charge on any atom is 0.228 e. The molecule has 3 heterocycles. The molecule has 10 nitrogen and oxygen atoms in total. The fourth-order valence-electron chi connectivity index (χ4n) is 3.29. The highest BCUT2D eigenvalue weighted by Gasteiger charge is 2.24. The minimum Gasteiger partial charge on any atom is -0.493 e. The molecule has 0 atom stereocenters. The Morgan fingerprint density at radius 2 is 1.86 bits per heavy atom. The summed E-state index contributed by atoms with van der Waals surface area (Å²) in [5, 5.41) is 4.48. The highest BCUT2D eigenvalue weighted by Crippen LogP contribution is 2.34. The van der Waals surface area contributed by atoms with E-state index in [9.17, 15) is 4.79 Å². The van der Waals surface area contributed by atoms with E-state index in [4.69, 9.17) is 15.2 Å². The summed E-state index contributed by atoms with van der Waals surface area (Å²) in [6.45, 7) is 2.45. The molecule has 152 valence electrons. The number of nitrogens with zero attached hydrogens (tertiary/aromatic N) is 6. The summed E-state index contributed by atoms with van der Waals surface area (Å²) in [4.78, 5) is 26.3. The van der Waals surface area contributed by atoms with Gasteiger partial charge in [0.15, 0.2) is 11.5 Å². The number of rotatable bonds is 5. The zero-order valence-corrected chi connectivity index (χ0v) is 17.0. The van der Waals surface area contributed by atoms with Crippen molar-refractivity contribution in [2.24, 2.45) is 0 Å². The molecule has 0 spiro atoms. The van der Waals surface area contributed by atoms with Crippen molar-refractivity contribution < 1.29 is 14.3 Å². The van der Waals surface area contributed by atoms with Gasteiger partial charge >= 0.3 is 0 Å². The first kappa shape index (κ1) is 19.1. The van der Waals surface area contributed by atoms with Gasteiger partial charge < -0.3 is 25.0 Å². The zero-order valence-electron chi connectivity index (χ0n) is 16.2. The Bertz CT molecular complexity index is 1020. The molecule has 1 fully saturated rings. The molecule has 1 aliphatic heterocycles. The smallest absolute Gasteiger partial charge is 0.228 e. The number of ether oxygens (including phenoxy) is 2. The Hall–Kier alpha value is -3.21. The summed E-state index contributed by atoms with van der Waals surface area (Å²) >= 11 is 1.25. The first-order valence-corrected chi connectivity index (χ1v) is 9.84. The van der Waals surface area contributed by atoms with Crippen molar-refractivity contribution in [3.8, 4) is 11.5 Å². The topological polar surface area (TPSA) is 120 Å². The van der Waals surface area contributed by atoms with Gasteiger partial charge in [-0.05, 0) is 17.6 Å². The number of piperazine rings is 1. The third kappa shape index (κ3) is 3.86. The number of hydrogen-bond donors (Lipinski definition) is 1. The van der Waals surface area contributed by atoms with Gasteiger partial charge in [-0.3, -0.25) is 4.79 Å². The van der Waals surface area contributed by atoms with Gasteiger partial charge in [-0.2, -0.15) is 4.98 Å². The van der Waals surface area contributed by atoms with Crippen LogP contribution in [0.5, 0.6) is 11.5 Å². The van der Waals surface area contributed by atoms with Crippen LogP contribution in [0.1, 0.15) is 4.88 Å². The molecule has 11 heteroatoms. The van der Waals surface area contributed by atoms with Crippen LogP contribution in [0.3, 0.4) is 0 Å². The van der Waals surface area contributed by atoms with Crippen molar-refractivity contribution in [3.05, 3.63) is 23.2 Å². The molecule has 0 unspecified atom stereocenters. The van der Waals surface area contributed by atoms with Gasteiger partial charge in [0.2, 0.25) is 11.9 Å². The molecule has 0 radical (unpaired) electrons. The van der Waals surface area contributed by atoms with E-state index in [2.05, 4.69) is 19.6 Å². The molecule has 29 heavy (non-hydrogen) atoms. The van der Waals surface area contributed by atoms with Crippen molar-refractivity contribution in [2.75, 3.05) is 51.0 Å². The first-order valence-electron chi connectivity index (χ1n) is 9.07. The van der Waals surface area contributed by atoms with Crippen molar-refractivity contribution in [2.45, 2.75) is 6.42 Å². The molecule has 4 rings (SSSR count). The van der Waals surface area contributed by atoms with Crippen molar-refractivity contribution in [1.29, 1.82) is 0 Å². The van der Waals surface area contributed by atoms with E-state index >= 15 is 0 Å². The molecule has 2 N–H and O–H groups in total. The quantitative estimate of drug-likeness (QED) is 0.650. The summed E-state index contributed by atoms with van der Waals surface area (Å²) in [6.07, 6.45) is 1.96. The molecule has 0 bridgehead atoms. The number of anilines is 2. The summed E-state index contributed by atoms with van der Waals surface area (Å²) in [6, 6.07) is 3.57. The lowest BCUT2D eigenvalue weighted by Gasteiger charge is -2.34. The lowest BCUT2D eigenvalue weighted by molar-refractivity contribution is -0.130. The summed E-state index contributed by atoms with van der Waals surface area (Å²) in [5.74, 6) is 2.15. The van der Waals surface area contributed by atoms with E-state index in [1.807, 2.05) is 9.80 Å². The van der Waals surface area contributed by atoms with Crippen molar-refractivity contribution >= 4 is 40.1 Å². The molecule has 0 saturated carbocycles. The number of aromatic nitrogens is 4. The van der Waals surface area contributed by atoms with Crippen LogP contribution in [0.2, 0.25) is 0 Å². The fourth-order valence-corrected chi connectivity index (χ4v) is 3.77. The number of benzene rings is 1. The SMILES string of the molecule is COc1cc2nc(N3CCN(C(=O)Cc4cnns4)CC3)nc(N)c2cc1OC. The average molecular weight is 415 g/mol. The molecule has 0 aliphatic carbocycles. The van der Waals surface area contributed by atoms with Crippen molar-refractivity contribution in [3.63, 3.8) is 0 Å². The van der Waals surface area contributed by atoms with E-state index in [1.165, 1.54) is 11.5 Å². The predicted molar refractivity (Wildman–Crippen MR) is 109 cm³/mol. The maximum atomic E-state index is 12.5. The second-order valence-electron chi connectivity index (χ2n) is 6.56. The van der Waals surface area contributed by atoms with Crippen LogP contribution in [-0.2, 0) is 11.2 Å². The molecule has 1 saturated heterocycles. The average Bonchev–Trinajstić information content (AvgIpc) is 3.25. The third-order valence-electron chi connectivity index (χ3n) is 4.87. The predicted octanol–water partition coefficient (Wildman–Crippen LogP) is 0.972. The molecule has 3 aromatic rings. The Labute approximate surface area is 171 Å². The van der Waals surface area contributed by atoms with Gasteiger partial charge in [-0.1, -0.05) is 4.49 Å². The second-order valence-corrected chi connectivity index (χ2v) is 7.43. The molecular weight excluding hydrogens is 394 g/mol. The van der Waals surface area contributed by atoms with Crippen LogP contribution in [0.15, 0.2) is 18.3 Å². The van der Waals surface area contributed by atoms with Crippen LogP contribution >= 0.6 is 11.5 Å². The highest BCUT2D eigenvalue weighted by molar-refractivity contribution is 7.05. The molecule has 2 aromatic heterocycles. The monoisotopic (exact) mass is 415 g/mol. The lowest BCUT2D eigenvalue weighted by atomic mass is 10.2. The second kappa shape index (κ2) is 8.03. The molecule has 1 aliphatic rings. The minimum absolute atomic E-state index is 0.0754. The van der Waals surface area contributed by atoms with E-state index in [0.29, 0.717) is 66.8 Å². The van der Waals surface area contributed by atoms with Crippen LogP contribution in [0.25, 0.3) is 10.9 Å². The Morgan fingerprint density at radius 1 is 1.14 bits per heavy atom. The summed E-state index contributed by atoms with van der Waals surface area (Å²) in [5.41, 5.74) is 6.86. The standard InChI is InChI=1S/C18H21N7O3S/c1-27-14-8-12-13(9-15(14)28-2)21-18(22-17(12)19)25-5-3-24(4-6-25)16(26)7-11-10-20-23-29-11/h8-10H,3-7H2,1-2H3,(H2,19,21,22). The highest BCUT2D eigenvalue weighted by atomic mass is 32.1. The summed E-state index contributed by atoms with van der Waals surface area (Å²) in [7, 11) is 3.15. The number of fused-ring (bicyclic) bond motifs is 1. The number of carbonyl (C=O) groups is 1. The molecule has 1 aromatic carbocycles. The van der Waals surface area contributed by atoms with Gasteiger partial charge in [0.1, 0.15) is 5.82 Å². The number of hydrogen-bond acceptors (Lipinski definition) is 10. The third-order valence-corrected chi connectivity index (χ3v) is 5.53.